The van der Waals surface area contributed by atoms with Gasteiger partial charge in [0.1, 0.15) is 0 Å². The number of hydrogen-bond donors (Lipinski definition) is 2. The van der Waals surface area contributed by atoms with Gasteiger partial charge in [-0.2, -0.15) is 0 Å². The van der Waals surface area contributed by atoms with Crippen LogP contribution in [0.15, 0.2) is 24.3 Å². The van der Waals surface area contributed by atoms with Crippen LogP contribution < -0.4 is 11.3 Å². The normalized spacial score (nSPS) is 24.1. The molecule has 0 bridgehead atoms. The minimum Gasteiger partial charge on any atom is -0.271 e. The van der Waals surface area contributed by atoms with Crippen LogP contribution >= 0.6 is 11.6 Å². The van der Waals surface area contributed by atoms with Crippen LogP contribution in [0.4, 0.5) is 0 Å². The van der Waals surface area contributed by atoms with Crippen molar-refractivity contribution in [3.63, 3.8) is 0 Å². The highest BCUT2D eigenvalue weighted by molar-refractivity contribution is 6.31. The van der Waals surface area contributed by atoms with Crippen molar-refractivity contribution in [1.82, 2.24) is 5.43 Å². The second-order valence-electron chi connectivity index (χ2n) is 6.41. The second kappa shape index (κ2) is 6.25. The predicted molar refractivity (Wildman–Crippen MR) is 82.0 cm³/mol. The molecule has 0 amide bonds. The first-order valence-corrected chi connectivity index (χ1v) is 7.62. The topological polar surface area (TPSA) is 38.0 Å². The summed E-state index contributed by atoms with van der Waals surface area (Å²) in [5.74, 6) is 6.44. The minimum atomic E-state index is 0.301. The molecule has 0 heterocycles. The molecule has 2 unspecified atom stereocenters. The third kappa shape index (κ3) is 3.50. The Morgan fingerprint density at radius 1 is 1.37 bits per heavy atom. The summed E-state index contributed by atoms with van der Waals surface area (Å²) in [7, 11) is 0. The smallest absolute Gasteiger partial charge is 0.0438 e. The Balaban J connectivity index is 2.14. The van der Waals surface area contributed by atoms with Crippen LogP contribution in [0.3, 0.4) is 0 Å². The lowest BCUT2D eigenvalue weighted by molar-refractivity contribution is 0.0982. The van der Waals surface area contributed by atoms with Gasteiger partial charge in [-0.3, -0.25) is 11.3 Å². The number of benzene rings is 1. The van der Waals surface area contributed by atoms with E-state index in [1.807, 2.05) is 18.2 Å². The van der Waals surface area contributed by atoms with Gasteiger partial charge < -0.3 is 0 Å². The predicted octanol–water partition coefficient (Wildman–Crippen LogP) is 3.93. The van der Waals surface area contributed by atoms with Crippen LogP contribution in [0, 0.1) is 11.3 Å². The van der Waals surface area contributed by atoms with Crippen LogP contribution in [0.1, 0.15) is 45.1 Å². The quantitative estimate of drug-likeness (QED) is 0.648. The summed E-state index contributed by atoms with van der Waals surface area (Å²) < 4.78 is 0. The number of halogens is 1. The van der Waals surface area contributed by atoms with E-state index in [1.54, 1.807) is 0 Å². The van der Waals surface area contributed by atoms with Crippen molar-refractivity contribution >= 4 is 11.6 Å². The maximum atomic E-state index is 6.27. The van der Waals surface area contributed by atoms with Crippen LogP contribution in [0.2, 0.25) is 5.02 Å². The van der Waals surface area contributed by atoms with Gasteiger partial charge in [-0.25, -0.2) is 0 Å². The number of hydrazine groups is 1. The molecule has 0 aromatic heterocycles. The van der Waals surface area contributed by atoms with Crippen LogP contribution in [-0.2, 0) is 6.42 Å². The Bertz CT molecular complexity index is 417. The van der Waals surface area contributed by atoms with Gasteiger partial charge in [0.2, 0.25) is 0 Å². The maximum absolute atomic E-state index is 6.27. The van der Waals surface area contributed by atoms with Gasteiger partial charge in [-0.15, -0.1) is 0 Å². The summed E-state index contributed by atoms with van der Waals surface area (Å²) in [6.07, 6.45) is 6.11. The second-order valence-corrected chi connectivity index (χ2v) is 6.82. The first-order valence-electron chi connectivity index (χ1n) is 7.24. The molecule has 2 nitrogen and oxygen atoms in total. The molecule has 1 aromatic rings. The SMILES string of the molecule is CC1(C)CCCCC1C(Cc1ccccc1Cl)NN. The van der Waals surface area contributed by atoms with Crippen molar-refractivity contribution < 1.29 is 0 Å². The van der Waals surface area contributed by atoms with E-state index in [0.717, 1.165) is 11.4 Å². The van der Waals surface area contributed by atoms with E-state index in [2.05, 4.69) is 25.3 Å². The molecular formula is C16H25ClN2. The molecule has 1 fully saturated rings. The fourth-order valence-corrected chi connectivity index (χ4v) is 3.70. The molecule has 1 aliphatic rings. The monoisotopic (exact) mass is 280 g/mol. The zero-order valence-corrected chi connectivity index (χ0v) is 12.7. The molecule has 0 aliphatic heterocycles. The lowest BCUT2D eigenvalue weighted by Crippen LogP contribution is -2.48. The van der Waals surface area contributed by atoms with Crippen molar-refractivity contribution in [3.05, 3.63) is 34.9 Å². The van der Waals surface area contributed by atoms with Crippen LogP contribution in [0.25, 0.3) is 0 Å². The van der Waals surface area contributed by atoms with Crippen molar-refractivity contribution in [2.75, 3.05) is 0 Å². The molecular weight excluding hydrogens is 256 g/mol. The summed E-state index contributed by atoms with van der Waals surface area (Å²) in [6, 6.07) is 8.37. The Labute approximate surface area is 121 Å². The standard InChI is InChI=1S/C16H25ClN2/c1-16(2)10-6-5-8-13(16)15(19-18)11-12-7-3-4-9-14(12)17/h3-4,7,9,13,15,19H,5-6,8,10-11,18H2,1-2H3. The molecule has 1 aliphatic carbocycles. The highest BCUT2D eigenvalue weighted by Crippen LogP contribution is 2.43. The maximum Gasteiger partial charge on any atom is 0.0438 e. The first kappa shape index (κ1) is 14.8. The average molecular weight is 281 g/mol. The molecule has 1 aromatic carbocycles. The van der Waals surface area contributed by atoms with Gasteiger partial charge in [-0.1, -0.05) is 56.5 Å². The van der Waals surface area contributed by atoms with Crippen molar-refractivity contribution in [1.29, 1.82) is 0 Å². The molecule has 3 heteroatoms. The fraction of sp³-hybridized carbons (Fsp3) is 0.625. The summed E-state index contributed by atoms with van der Waals surface area (Å²) in [5.41, 5.74) is 4.59. The summed E-state index contributed by atoms with van der Waals surface area (Å²) in [5, 5.41) is 0.844. The number of nitrogens with two attached hydrogens (primary N) is 1. The van der Waals surface area contributed by atoms with Gasteiger partial charge in [0.05, 0.1) is 0 Å². The summed E-state index contributed by atoms with van der Waals surface area (Å²) in [6.45, 7) is 4.74. The van der Waals surface area contributed by atoms with E-state index >= 15 is 0 Å². The summed E-state index contributed by atoms with van der Waals surface area (Å²) >= 11 is 6.27. The Morgan fingerprint density at radius 3 is 2.74 bits per heavy atom. The molecule has 2 rings (SSSR count). The molecule has 3 N–H and O–H groups in total. The highest BCUT2D eigenvalue weighted by atomic mass is 35.5. The summed E-state index contributed by atoms with van der Waals surface area (Å²) in [4.78, 5) is 0. The van der Waals surface area contributed by atoms with Crippen LogP contribution in [0.5, 0.6) is 0 Å². The third-order valence-corrected chi connectivity index (χ3v) is 5.06. The van der Waals surface area contributed by atoms with Crippen molar-refractivity contribution in [2.45, 2.75) is 52.0 Å². The fourth-order valence-electron chi connectivity index (χ4n) is 3.49. The largest absolute Gasteiger partial charge is 0.271 e. The first-order chi connectivity index (χ1) is 9.04. The zero-order chi connectivity index (χ0) is 13.9. The number of nitrogens with one attached hydrogen (secondary N) is 1. The average Bonchev–Trinajstić information content (AvgIpc) is 2.38. The zero-order valence-electron chi connectivity index (χ0n) is 12.0. The molecule has 0 saturated heterocycles. The van der Waals surface area contributed by atoms with E-state index in [1.165, 1.54) is 31.2 Å². The van der Waals surface area contributed by atoms with E-state index in [9.17, 15) is 0 Å². The Kier molecular flexibility index (Phi) is 4.88. The lowest BCUT2D eigenvalue weighted by Gasteiger charge is -2.43. The highest BCUT2D eigenvalue weighted by Gasteiger charge is 2.37. The van der Waals surface area contributed by atoms with E-state index in [0.29, 0.717) is 17.4 Å². The van der Waals surface area contributed by atoms with E-state index < -0.39 is 0 Å². The van der Waals surface area contributed by atoms with E-state index in [-0.39, 0.29) is 0 Å². The molecule has 0 radical (unpaired) electrons. The Hall–Kier alpha value is -0.570. The third-order valence-electron chi connectivity index (χ3n) is 4.69. The van der Waals surface area contributed by atoms with E-state index in [4.69, 9.17) is 17.4 Å². The van der Waals surface area contributed by atoms with Gasteiger partial charge in [0.15, 0.2) is 0 Å². The molecule has 0 spiro atoms. The van der Waals surface area contributed by atoms with Crippen molar-refractivity contribution in [3.8, 4) is 0 Å². The van der Waals surface area contributed by atoms with Gasteiger partial charge in [0.25, 0.3) is 0 Å². The molecule has 106 valence electrons. The van der Waals surface area contributed by atoms with Gasteiger partial charge in [-0.05, 0) is 42.2 Å². The Morgan fingerprint density at radius 2 is 2.11 bits per heavy atom. The molecule has 19 heavy (non-hydrogen) atoms. The lowest BCUT2D eigenvalue weighted by atomic mass is 9.65. The van der Waals surface area contributed by atoms with Gasteiger partial charge in [0, 0.05) is 11.1 Å². The number of rotatable bonds is 4. The molecule has 1 saturated carbocycles. The van der Waals surface area contributed by atoms with Gasteiger partial charge >= 0.3 is 0 Å². The van der Waals surface area contributed by atoms with Crippen LogP contribution in [-0.4, -0.2) is 6.04 Å². The molecule has 2 atom stereocenters. The van der Waals surface area contributed by atoms with Crippen molar-refractivity contribution in [2.24, 2.45) is 17.2 Å². The minimum absolute atomic E-state index is 0.301. The number of hydrogen-bond acceptors (Lipinski definition) is 2.